The molecule has 1 aromatic heterocycles. The lowest BCUT2D eigenvalue weighted by molar-refractivity contribution is 0.0953. The van der Waals surface area contributed by atoms with Gasteiger partial charge in [-0.2, -0.15) is 0 Å². The Bertz CT molecular complexity index is 844. The van der Waals surface area contributed by atoms with Crippen LogP contribution in [0.25, 0.3) is 11.5 Å². The Morgan fingerprint density at radius 3 is 2.62 bits per heavy atom. The van der Waals surface area contributed by atoms with E-state index in [0.29, 0.717) is 30.1 Å². The van der Waals surface area contributed by atoms with Gasteiger partial charge < -0.3 is 9.73 Å². The number of aromatic nitrogens is 1. The number of nitrogens with zero attached hydrogens (tertiary/aromatic N) is 1. The number of hydrogen-bond donors (Lipinski definition) is 1. The van der Waals surface area contributed by atoms with Crippen LogP contribution in [-0.4, -0.2) is 17.4 Å². The van der Waals surface area contributed by atoms with E-state index in [1.54, 1.807) is 18.2 Å². The Labute approximate surface area is 137 Å². The first-order chi connectivity index (χ1) is 11.6. The molecule has 1 N–H and O–H groups in total. The average molecular weight is 328 g/mol. The summed E-state index contributed by atoms with van der Waals surface area (Å²) < 4.78 is 31.3. The van der Waals surface area contributed by atoms with Crippen molar-refractivity contribution in [2.45, 2.75) is 6.42 Å². The van der Waals surface area contributed by atoms with Crippen molar-refractivity contribution in [2.75, 3.05) is 6.54 Å². The van der Waals surface area contributed by atoms with Crippen molar-refractivity contribution in [2.24, 2.45) is 0 Å². The van der Waals surface area contributed by atoms with E-state index in [-0.39, 0.29) is 17.3 Å². The van der Waals surface area contributed by atoms with Crippen LogP contribution in [0.5, 0.6) is 0 Å². The SMILES string of the molecule is O=C(NCCc1coc(-c2ccc(F)cc2)n1)c1cccc(F)c1. The molecular weight excluding hydrogens is 314 g/mol. The lowest BCUT2D eigenvalue weighted by Gasteiger charge is -2.03. The summed E-state index contributed by atoms with van der Waals surface area (Å²) >= 11 is 0. The van der Waals surface area contributed by atoms with E-state index in [0.717, 1.165) is 0 Å². The van der Waals surface area contributed by atoms with Gasteiger partial charge in [-0.1, -0.05) is 6.07 Å². The van der Waals surface area contributed by atoms with Gasteiger partial charge in [0, 0.05) is 24.1 Å². The highest BCUT2D eigenvalue weighted by molar-refractivity contribution is 5.94. The zero-order valence-corrected chi connectivity index (χ0v) is 12.6. The predicted octanol–water partition coefficient (Wildman–Crippen LogP) is 3.59. The van der Waals surface area contributed by atoms with Gasteiger partial charge >= 0.3 is 0 Å². The molecule has 1 heterocycles. The van der Waals surface area contributed by atoms with Crippen molar-refractivity contribution < 1.29 is 18.0 Å². The molecule has 0 bridgehead atoms. The molecule has 3 aromatic rings. The van der Waals surface area contributed by atoms with E-state index in [9.17, 15) is 13.6 Å². The molecule has 2 aromatic carbocycles. The highest BCUT2D eigenvalue weighted by Crippen LogP contribution is 2.19. The third-order valence-corrected chi connectivity index (χ3v) is 3.40. The molecule has 0 aliphatic carbocycles. The molecule has 0 spiro atoms. The molecule has 0 unspecified atom stereocenters. The van der Waals surface area contributed by atoms with Gasteiger partial charge in [0.1, 0.15) is 17.9 Å². The van der Waals surface area contributed by atoms with Crippen molar-refractivity contribution in [3.05, 3.63) is 77.7 Å². The van der Waals surface area contributed by atoms with E-state index >= 15 is 0 Å². The number of benzene rings is 2. The molecule has 3 rings (SSSR count). The third-order valence-electron chi connectivity index (χ3n) is 3.40. The highest BCUT2D eigenvalue weighted by atomic mass is 19.1. The average Bonchev–Trinajstić information content (AvgIpc) is 3.04. The van der Waals surface area contributed by atoms with Crippen LogP contribution in [0.3, 0.4) is 0 Å². The van der Waals surface area contributed by atoms with E-state index in [1.807, 2.05) is 0 Å². The van der Waals surface area contributed by atoms with Crippen LogP contribution in [0.1, 0.15) is 16.1 Å². The van der Waals surface area contributed by atoms with Gasteiger partial charge in [-0.3, -0.25) is 4.79 Å². The highest BCUT2D eigenvalue weighted by Gasteiger charge is 2.09. The van der Waals surface area contributed by atoms with Gasteiger partial charge in [0.25, 0.3) is 5.91 Å². The molecule has 4 nitrogen and oxygen atoms in total. The first-order valence-corrected chi connectivity index (χ1v) is 7.36. The number of carbonyl (C=O) groups is 1. The molecule has 1 amide bonds. The van der Waals surface area contributed by atoms with Crippen LogP contribution < -0.4 is 5.32 Å². The maximum Gasteiger partial charge on any atom is 0.251 e. The summed E-state index contributed by atoms with van der Waals surface area (Å²) in [6.45, 7) is 0.338. The molecule has 6 heteroatoms. The van der Waals surface area contributed by atoms with Gasteiger partial charge in [0.2, 0.25) is 5.89 Å². The van der Waals surface area contributed by atoms with Crippen LogP contribution >= 0.6 is 0 Å². The van der Waals surface area contributed by atoms with E-state index in [4.69, 9.17) is 4.42 Å². The second-order valence-electron chi connectivity index (χ2n) is 5.17. The third kappa shape index (κ3) is 3.84. The van der Waals surface area contributed by atoms with Crippen LogP contribution in [0.4, 0.5) is 8.78 Å². The molecule has 0 aliphatic rings. The number of oxazole rings is 1. The zero-order chi connectivity index (χ0) is 16.9. The topological polar surface area (TPSA) is 55.1 Å². The van der Waals surface area contributed by atoms with Gasteiger partial charge in [-0.05, 0) is 42.5 Å². The monoisotopic (exact) mass is 328 g/mol. The molecule has 0 aliphatic heterocycles. The minimum absolute atomic E-state index is 0.266. The van der Waals surface area contributed by atoms with E-state index in [2.05, 4.69) is 10.3 Å². The molecule has 122 valence electrons. The quantitative estimate of drug-likeness (QED) is 0.779. The van der Waals surface area contributed by atoms with Crippen LogP contribution in [0.15, 0.2) is 59.2 Å². The number of nitrogens with one attached hydrogen (secondary N) is 1. The fourth-order valence-electron chi connectivity index (χ4n) is 2.18. The second-order valence-corrected chi connectivity index (χ2v) is 5.17. The van der Waals surface area contributed by atoms with Gasteiger partial charge in [-0.25, -0.2) is 13.8 Å². The zero-order valence-electron chi connectivity index (χ0n) is 12.6. The van der Waals surface area contributed by atoms with E-state index < -0.39 is 5.82 Å². The second kappa shape index (κ2) is 7.04. The summed E-state index contributed by atoms with van der Waals surface area (Å²) in [4.78, 5) is 16.2. The van der Waals surface area contributed by atoms with Gasteiger partial charge in [0.05, 0.1) is 5.69 Å². The summed E-state index contributed by atoms with van der Waals surface area (Å²) in [6, 6.07) is 11.3. The fourth-order valence-corrected chi connectivity index (χ4v) is 2.18. The van der Waals surface area contributed by atoms with Crippen molar-refractivity contribution in [1.82, 2.24) is 10.3 Å². The number of amides is 1. The van der Waals surface area contributed by atoms with Crippen LogP contribution in [0.2, 0.25) is 0 Å². The smallest absolute Gasteiger partial charge is 0.251 e. The molecular formula is C18H14F2N2O2. The van der Waals surface area contributed by atoms with Crippen LogP contribution in [0, 0.1) is 11.6 Å². The Kier molecular flexibility index (Phi) is 4.65. The molecule has 0 fully saturated rings. The van der Waals surface area contributed by atoms with Crippen molar-refractivity contribution >= 4 is 5.91 Å². The van der Waals surface area contributed by atoms with Crippen molar-refractivity contribution in [1.29, 1.82) is 0 Å². The number of halogens is 2. The minimum atomic E-state index is -0.455. The lowest BCUT2D eigenvalue weighted by atomic mass is 10.2. The Hall–Kier alpha value is -3.02. The first-order valence-electron chi connectivity index (χ1n) is 7.36. The molecule has 0 saturated carbocycles. The summed E-state index contributed by atoms with van der Waals surface area (Å²) in [7, 11) is 0. The summed E-state index contributed by atoms with van der Waals surface area (Å²) in [6.07, 6.45) is 1.96. The molecule has 0 radical (unpaired) electrons. The fraction of sp³-hybridized carbons (Fsp3) is 0.111. The lowest BCUT2D eigenvalue weighted by Crippen LogP contribution is -2.25. The summed E-state index contributed by atoms with van der Waals surface area (Å²) in [5.41, 5.74) is 1.60. The number of hydrogen-bond acceptors (Lipinski definition) is 3. The van der Waals surface area contributed by atoms with Crippen LogP contribution in [-0.2, 0) is 6.42 Å². The Morgan fingerprint density at radius 2 is 1.88 bits per heavy atom. The predicted molar refractivity (Wildman–Crippen MR) is 84.3 cm³/mol. The largest absolute Gasteiger partial charge is 0.444 e. The summed E-state index contributed by atoms with van der Waals surface area (Å²) in [5.74, 6) is -0.744. The molecule has 0 saturated heterocycles. The maximum atomic E-state index is 13.1. The number of rotatable bonds is 5. The van der Waals surface area contributed by atoms with Crippen molar-refractivity contribution in [3.8, 4) is 11.5 Å². The first kappa shape index (κ1) is 15.9. The van der Waals surface area contributed by atoms with Gasteiger partial charge in [-0.15, -0.1) is 0 Å². The Balaban J connectivity index is 1.56. The Morgan fingerprint density at radius 1 is 1.08 bits per heavy atom. The molecule has 0 atom stereocenters. The minimum Gasteiger partial charge on any atom is -0.444 e. The normalized spacial score (nSPS) is 10.6. The van der Waals surface area contributed by atoms with Crippen molar-refractivity contribution in [3.63, 3.8) is 0 Å². The van der Waals surface area contributed by atoms with E-state index in [1.165, 1.54) is 36.6 Å². The van der Waals surface area contributed by atoms with Gasteiger partial charge in [0.15, 0.2) is 0 Å². The number of carbonyl (C=O) groups excluding carboxylic acids is 1. The molecule has 24 heavy (non-hydrogen) atoms. The standard InChI is InChI=1S/C18H14F2N2O2/c19-14-6-4-12(5-7-14)18-22-16(11-24-18)8-9-21-17(23)13-2-1-3-15(20)10-13/h1-7,10-11H,8-9H2,(H,21,23). The maximum absolute atomic E-state index is 13.1. The summed E-state index contributed by atoms with van der Waals surface area (Å²) in [5, 5.41) is 2.69.